The van der Waals surface area contributed by atoms with E-state index in [0.29, 0.717) is 5.92 Å². The molecule has 0 radical (unpaired) electrons. The molecule has 1 aromatic rings. The van der Waals surface area contributed by atoms with Gasteiger partial charge < -0.3 is 10.1 Å². The van der Waals surface area contributed by atoms with Crippen LogP contribution in [0.4, 0.5) is 0 Å². The first-order valence-corrected chi connectivity index (χ1v) is 5.48. The fourth-order valence-electron chi connectivity index (χ4n) is 1.74. The van der Waals surface area contributed by atoms with Crippen LogP contribution in [-0.4, -0.2) is 20.7 Å². The number of rotatable bonds is 5. The predicted octanol–water partition coefficient (Wildman–Crippen LogP) is 2.72. The van der Waals surface area contributed by atoms with Crippen molar-refractivity contribution in [3.05, 3.63) is 29.3 Å². The van der Waals surface area contributed by atoms with Gasteiger partial charge in [0.15, 0.2) is 0 Å². The number of aryl methyl sites for hydroxylation is 1. The predicted molar refractivity (Wildman–Crippen MR) is 64.7 cm³/mol. The van der Waals surface area contributed by atoms with Crippen LogP contribution in [0.3, 0.4) is 0 Å². The van der Waals surface area contributed by atoms with Crippen LogP contribution in [0.5, 0.6) is 5.75 Å². The van der Waals surface area contributed by atoms with Crippen LogP contribution in [0, 0.1) is 6.92 Å². The number of methoxy groups -OCH3 is 1. The van der Waals surface area contributed by atoms with Gasteiger partial charge in [-0.3, -0.25) is 0 Å². The summed E-state index contributed by atoms with van der Waals surface area (Å²) in [6, 6.07) is 6.44. The van der Waals surface area contributed by atoms with E-state index in [-0.39, 0.29) is 0 Å². The topological polar surface area (TPSA) is 21.3 Å². The Morgan fingerprint density at radius 3 is 2.67 bits per heavy atom. The molecular formula is C13H21NO. The van der Waals surface area contributed by atoms with Crippen molar-refractivity contribution in [2.24, 2.45) is 0 Å². The highest BCUT2D eigenvalue weighted by atomic mass is 16.5. The third-order valence-electron chi connectivity index (χ3n) is 2.82. The molecule has 0 aliphatic rings. The maximum Gasteiger partial charge on any atom is 0.121 e. The second kappa shape index (κ2) is 5.76. The molecule has 0 aliphatic heterocycles. The molecule has 84 valence electrons. The van der Waals surface area contributed by atoms with E-state index in [1.165, 1.54) is 17.5 Å². The van der Waals surface area contributed by atoms with E-state index < -0.39 is 0 Å². The van der Waals surface area contributed by atoms with Gasteiger partial charge in [0.1, 0.15) is 5.75 Å². The van der Waals surface area contributed by atoms with Gasteiger partial charge in [0.2, 0.25) is 0 Å². The standard InChI is InChI=1S/C13H21NO/c1-10(7-8-14-3)12-5-6-13(15-4)11(2)9-12/h5-6,9-10,14H,7-8H2,1-4H3. The van der Waals surface area contributed by atoms with Gasteiger partial charge in [-0.05, 0) is 50.0 Å². The van der Waals surface area contributed by atoms with Gasteiger partial charge >= 0.3 is 0 Å². The Labute approximate surface area is 92.6 Å². The highest BCUT2D eigenvalue weighted by Gasteiger charge is 2.06. The highest BCUT2D eigenvalue weighted by molar-refractivity contribution is 5.37. The molecule has 1 rings (SSSR count). The first-order valence-electron chi connectivity index (χ1n) is 5.48. The van der Waals surface area contributed by atoms with Gasteiger partial charge in [0, 0.05) is 0 Å². The first-order chi connectivity index (χ1) is 7.19. The van der Waals surface area contributed by atoms with E-state index in [1.54, 1.807) is 7.11 Å². The number of hydrogen-bond acceptors (Lipinski definition) is 2. The Kier molecular flexibility index (Phi) is 4.63. The summed E-state index contributed by atoms with van der Waals surface area (Å²) in [6.07, 6.45) is 1.17. The summed E-state index contributed by atoms with van der Waals surface area (Å²) in [5.74, 6) is 1.57. The molecule has 0 aliphatic carbocycles. The van der Waals surface area contributed by atoms with E-state index >= 15 is 0 Å². The molecule has 2 heteroatoms. The van der Waals surface area contributed by atoms with E-state index in [1.807, 2.05) is 7.05 Å². The number of hydrogen-bond donors (Lipinski definition) is 1. The van der Waals surface area contributed by atoms with Crippen molar-refractivity contribution < 1.29 is 4.74 Å². The summed E-state index contributed by atoms with van der Waals surface area (Å²) in [4.78, 5) is 0. The molecule has 0 saturated heterocycles. The van der Waals surface area contributed by atoms with Crippen molar-refractivity contribution in [2.45, 2.75) is 26.2 Å². The molecule has 0 saturated carbocycles. The summed E-state index contributed by atoms with van der Waals surface area (Å²) in [6.45, 7) is 5.41. The second-order valence-corrected chi connectivity index (χ2v) is 4.02. The summed E-state index contributed by atoms with van der Waals surface area (Å²) in [5, 5.41) is 3.18. The van der Waals surface area contributed by atoms with Crippen LogP contribution >= 0.6 is 0 Å². The fraction of sp³-hybridized carbons (Fsp3) is 0.538. The summed E-state index contributed by atoms with van der Waals surface area (Å²) < 4.78 is 5.25. The molecule has 0 fully saturated rings. The fourth-order valence-corrected chi connectivity index (χ4v) is 1.74. The lowest BCUT2D eigenvalue weighted by Gasteiger charge is -2.13. The van der Waals surface area contributed by atoms with Crippen LogP contribution in [0.2, 0.25) is 0 Å². The van der Waals surface area contributed by atoms with Gasteiger partial charge in [-0.1, -0.05) is 19.1 Å². The molecule has 0 heterocycles. The van der Waals surface area contributed by atoms with Gasteiger partial charge in [0.25, 0.3) is 0 Å². The molecule has 0 amide bonds. The second-order valence-electron chi connectivity index (χ2n) is 4.02. The van der Waals surface area contributed by atoms with E-state index in [9.17, 15) is 0 Å². The van der Waals surface area contributed by atoms with E-state index in [2.05, 4.69) is 37.4 Å². The molecule has 1 unspecified atom stereocenters. The number of ether oxygens (including phenoxy) is 1. The zero-order valence-corrected chi connectivity index (χ0v) is 10.1. The minimum absolute atomic E-state index is 0.599. The van der Waals surface area contributed by atoms with Gasteiger partial charge in [-0.25, -0.2) is 0 Å². The van der Waals surface area contributed by atoms with Crippen molar-refractivity contribution in [3.8, 4) is 5.75 Å². The molecule has 1 N–H and O–H groups in total. The minimum Gasteiger partial charge on any atom is -0.496 e. The van der Waals surface area contributed by atoms with Gasteiger partial charge in [-0.15, -0.1) is 0 Å². The maximum atomic E-state index is 5.25. The summed E-state index contributed by atoms with van der Waals surface area (Å²) in [7, 11) is 3.71. The lowest BCUT2D eigenvalue weighted by Crippen LogP contribution is -2.10. The Hall–Kier alpha value is -1.02. The molecule has 0 bridgehead atoms. The highest BCUT2D eigenvalue weighted by Crippen LogP contribution is 2.24. The molecule has 2 nitrogen and oxygen atoms in total. The van der Waals surface area contributed by atoms with Crippen molar-refractivity contribution in [3.63, 3.8) is 0 Å². The molecule has 0 spiro atoms. The Balaban J connectivity index is 2.73. The zero-order chi connectivity index (χ0) is 11.3. The van der Waals surface area contributed by atoms with Gasteiger partial charge in [-0.2, -0.15) is 0 Å². The summed E-state index contributed by atoms with van der Waals surface area (Å²) >= 11 is 0. The van der Waals surface area contributed by atoms with Crippen molar-refractivity contribution in [2.75, 3.05) is 20.7 Å². The first kappa shape index (κ1) is 12.1. The van der Waals surface area contributed by atoms with Crippen LogP contribution in [0.25, 0.3) is 0 Å². The molecule has 15 heavy (non-hydrogen) atoms. The van der Waals surface area contributed by atoms with Crippen LogP contribution in [0.1, 0.15) is 30.4 Å². The van der Waals surface area contributed by atoms with Crippen LogP contribution in [0.15, 0.2) is 18.2 Å². The minimum atomic E-state index is 0.599. The lowest BCUT2D eigenvalue weighted by molar-refractivity contribution is 0.411. The molecular weight excluding hydrogens is 186 g/mol. The Morgan fingerprint density at radius 1 is 1.40 bits per heavy atom. The maximum absolute atomic E-state index is 5.25. The number of benzene rings is 1. The van der Waals surface area contributed by atoms with Crippen molar-refractivity contribution >= 4 is 0 Å². The SMILES string of the molecule is CNCCC(C)c1ccc(OC)c(C)c1. The summed E-state index contributed by atoms with van der Waals surface area (Å²) in [5.41, 5.74) is 2.61. The normalized spacial score (nSPS) is 12.5. The van der Waals surface area contributed by atoms with Crippen LogP contribution < -0.4 is 10.1 Å². The van der Waals surface area contributed by atoms with Gasteiger partial charge in [0.05, 0.1) is 7.11 Å². The average molecular weight is 207 g/mol. The smallest absolute Gasteiger partial charge is 0.121 e. The Morgan fingerprint density at radius 2 is 2.13 bits per heavy atom. The average Bonchev–Trinajstić information content (AvgIpc) is 2.25. The molecule has 1 aromatic carbocycles. The Bertz CT molecular complexity index is 309. The third-order valence-corrected chi connectivity index (χ3v) is 2.82. The quantitative estimate of drug-likeness (QED) is 0.801. The monoisotopic (exact) mass is 207 g/mol. The molecule has 1 atom stereocenters. The third kappa shape index (κ3) is 3.24. The lowest BCUT2D eigenvalue weighted by atomic mass is 9.96. The number of nitrogens with one attached hydrogen (secondary N) is 1. The molecule has 0 aromatic heterocycles. The largest absolute Gasteiger partial charge is 0.496 e. The van der Waals surface area contributed by atoms with Crippen LogP contribution in [-0.2, 0) is 0 Å². The zero-order valence-electron chi connectivity index (χ0n) is 10.1. The van der Waals surface area contributed by atoms with Crippen molar-refractivity contribution in [1.82, 2.24) is 5.32 Å². The van der Waals surface area contributed by atoms with Crippen molar-refractivity contribution in [1.29, 1.82) is 0 Å². The van der Waals surface area contributed by atoms with E-state index in [4.69, 9.17) is 4.74 Å². The van der Waals surface area contributed by atoms with E-state index in [0.717, 1.165) is 12.3 Å².